The van der Waals surface area contributed by atoms with Gasteiger partial charge in [-0.2, -0.15) is 0 Å². The number of amides is 1. The van der Waals surface area contributed by atoms with E-state index in [9.17, 15) is 19.1 Å². The maximum atomic E-state index is 14.1. The lowest BCUT2D eigenvalue weighted by molar-refractivity contribution is -0.132. The van der Waals surface area contributed by atoms with Crippen molar-refractivity contribution in [3.63, 3.8) is 0 Å². The highest BCUT2D eigenvalue weighted by atomic mass is 35.5. The van der Waals surface area contributed by atoms with Gasteiger partial charge in [-0.3, -0.25) is 19.5 Å². The lowest BCUT2D eigenvalue weighted by Gasteiger charge is -2.24. The summed E-state index contributed by atoms with van der Waals surface area (Å²) < 4.78 is 20.1. The third kappa shape index (κ3) is 4.31. The maximum Gasteiger partial charge on any atom is 0.301 e. The highest BCUT2D eigenvalue weighted by Gasteiger charge is 2.48. The molecule has 0 saturated carbocycles. The molecule has 3 heterocycles. The number of aliphatic hydroxyl groups excluding tert-OH is 1. The molecule has 2 aromatic heterocycles. The van der Waals surface area contributed by atoms with Crippen LogP contribution in [0.25, 0.3) is 16.0 Å². The van der Waals surface area contributed by atoms with E-state index < -0.39 is 23.5 Å². The number of benzene rings is 2. The Bertz CT molecular complexity index is 1590. The van der Waals surface area contributed by atoms with Crippen molar-refractivity contribution in [1.82, 2.24) is 9.97 Å². The molecular weight excluding hydrogens is 529 g/mol. The van der Waals surface area contributed by atoms with Crippen LogP contribution in [0, 0.1) is 5.82 Å². The zero-order valence-electron chi connectivity index (χ0n) is 21.0. The van der Waals surface area contributed by atoms with Crippen LogP contribution in [0.4, 0.5) is 9.52 Å². The second kappa shape index (κ2) is 9.49. The number of carbonyl (C=O) groups excluding carboxylic acids is 2. The summed E-state index contributed by atoms with van der Waals surface area (Å²) in [4.78, 5) is 36.8. The van der Waals surface area contributed by atoms with Gasteiger partial charge in [-0.25, -0.2) is 9.37 Å². The van der Waals surface area contributed by atoms with Gasteiger partial charge in [-0.05, 0) is 46.9 Å². The largest absolute Gasteiger partial charge is 0.507 e. The van der Waals surface area contributed by atoms with Crippen molar-refractivity contribution in [3.8, 4) is 5.75 Å². The van der Waals surface area contributed by atoms with Crippen molar-refractivity contribution in [3.05, 3.63) is 88.0 Å². The number of hydrogen-bond acceptors (Lipinski definition) is 7. The number of pyridine rings is 1. The highest BCUT2D eigenvalue weighted by molar-refractivity contribution is 7.22. The van der Waals surface area contributed by atoms with Crippen LogP contribution in [0.1, 0.15) is 43.5 Å². The normalized spacial score (nSPS) is 17.4. The van der Waals surface area contributed by atoms with E-state index >= 15 is 0 Å². The number of methoxy groups -OCH3 is 1. The maximum absolute atomic E-state index is 14.1. The van der Waals surface area contributed by atoms with Gasteiger partial charge < -0.3 is 9.84 Å². The fourth-order valence-electron chi connectivity index (χ4n) is 4.40. The van der Waals surface area contributed by atoms with E-state index in [-0.39, 0.29) is 32.5 Å². The summed E-state index contributed by atoms with van der Waals surface area (Å²) in [5.74, 6) is -2.42. The van der Waals surface area contributed by atoms with Gasteiger partial charge in [-0.1, -0.05) is 55.8 Å². The second-order valence-corrected chi connectivity index (χ2v) is 11.3. The molecule has 1 unspecified atom stereocenters. The first kappa shape index (κ1) is 25.8. The number of nitrogens with zero attached hydrogens (tertiary/aromatic N) is 3. The van der Waals surface area contributed by atoms with E-state index in [1.165, 1.54) is 30.3 Å². The van der Waals surface area contributed by atoms with E-state index in [0.29, 0.717) is 21.5 Å². The number of aromatic nitrogens is 2. The topological polar surface area (TPSA) is 92.6 Å². The molecule has 1 fully saturated rings. The van der Waals surface area contributed by atoms with Gasteiger partial charge >= 0.3 is 5.91 Å². The Morgan fingerprint density at radius 1 is 1.18 bits per heavy atom. The third-order valence-electron chi connectivity index (χ3n) is 6.39. The van der Waals surface area contributed by atoms with Gasteiger partial charge in [0.15, 0.2) is 5.13 Å². The fourth-order valence-corrected chi connectivity index (χ4v) is 5.56. The average molecular weight is 552 g/mol. The number of thiazole rings is 1. The second-order valence-electron chi connectivity index (χ2n) is 9.85. The lowest BCUT2D eigenvalue weighted by Crippen LogP contribution is -2.29. The summed E-state index contributed by atoms with van der Waals surface area (Å²) in [6, 6.07) is 10.3. The SMILES string of the molecule is COc1ccc(C(C)(C)C)cc1/C(O)=C1\C(=O)C(=O)N(c2nc3cc(Cl)c(F)cc3s2)C1c1cccnc1. The van der Waals surface area contributed by atoms with Crippen LogP contribution < -0.4 is 9.64 Å². The van der Waals surface area contributed by atoms with Crippen LogP contribution in [-0.4, -0.2) is 33.9 Å². The first-order valence-electron chi connectivity index (χ1n) is 11.7. The highest BCUT2D eigenvalue weighted by Crippen LogP contribution is 2.45. The van der Waals surface area contributed by atoms with Crippen molar-refractivity contribution in [2.45, 2.75) is 32.2 Å². The molecule has 0 bridgehead atoms. The van der Waals surface area contributed by atoms with Crippen LogP contribution in [0.15, 0.2) is 60.4 Å². The predicted molar refractivity (Wildman–Crippen MR) is 145 cm³/mol. The smallest absolute Gasteiger partial charge is 0.301 e. The summed E-state index contributed by atoms with van der Waals surface area (Å²) in [6.07, 6.45) is 3.08. The molecule has 5 rings (SSSR count). The van der Waals surface area contributed by atoms with E-state index in [1.807, 2.05) is 26.8 Å². The number of anilines is 1. The average Bonchev–Trinajstić information content (AvgIpc) is 3.40. The number of ether oxygens (including phenoxy) is 1. The summed E-state index contributed by atoms with van der Waals surface area (Å²) in [5, 5.41) is 11.7. The quantitative estimate of drug-likeness (QED) is 0.179. The van der Waals surface area contributed by atoms with Crippen LogP contribution in [0.3, 0.4) is 0 Å². The molecule has 194 valence electrons. The Labute approximate surface area is 227 Å². The van der Waals surface area contributed by atoms with Gasteiger partial charge in [0, 0.05) is 12.4 Å². The minimum absolute atomic E-state index is 0.106. The number of carbonyl (C=O) groups is 2. The summed E-state index contributed by atoms with van der Waals surface area (Å²) >= 11 is 6.97. The molecule has 2 aromatic carbocycles. The van der Waals surface area contributed by atoms with Gasteiger partial charge in [-0.15, -0.1) is 0 Å². The Morgan fingerprint density at radius 2 is 1.95 bits per heavy atom. The molecule has 4 aromatic rings. The Kier molecular flexibility index (Phi) is 6.44. The van der Waals surface area contributed by atoms with Crippen LogP contribution >= 0.6 is 22.9 Å². The molecule has 0 spiro atoms. The monoisotopic (exact) mass is 551 g/mol. The number of halogens is 2. The van der Waals surface area contributed by atoms with Crippen molar-refractivity contribution in [2.24, 2.45) is 0 Å². The van der Waals surface area contributed by atoms with Gasteiger partial charge in [0.25, 0.3) is 5.78 Å². The van der Waals surface area contributed by atoms with Crippen LogP contribution in [-0.2, 0) is 15.0 Å². The first-order chi connectivity index (χ1) is 18.0. The minimum atomic E-state index is -1.03. The van der Waals surface area contributed by atoms with Gasteiger partial charge in [0.1, 0.15) is 17.3 Å². The number of rotatable bonds is 4. The third-order valence-corrected chi connectivity index (χ3v) is 7.70. The minimum Gasteiger partial charge on any atom is -0.507 e. The number of fused-ring (bicyclic) bond motifs is 1. The van der Waals surface area contributed by atoms with Crippen molar-refractivity contribution < 1.29 is 23.8 Å². The van der Waals surface area contributed by atoms with Crippen molar-refractivity contribution >= 4 is 55.7 Å². The molecule has 10 heteroatoms. The molecular formula is C28H23ClFN3O4S. The van der Waals surface area contributed by atoms with Crippen molar-refractivity contribution in [1.29, 1.82) is 0 Å². The Balaban J connectivity index is 1.75. The zero-order valence-corrected chi connectivity index (χ0v) is 22.5. The molecule has 0 aliphatic carbocycles. The molecule has 0 radical (unpaired) electrons. The number of hydrogen-bond donors (Lipinski definition) is 1. The molecule has 1 aliphatic heterocycles. The Morgan fingerprint density at radius 3 is 2.61 bits per heavy atom. The lowest BCUT2D eigenvalue weighted by atomic mass is 9.85. The predicted octanol–water partition coefficient (Wildman–Crippen LogP) is 6.42. The van der Waals surface area contributed by atoms with Crippen molar-refractivity contribution in [2.75, 3.05) is 12.0 Å². The Hall–Kier alpha value is -3.82. The summed E-state index contributed by atoms with van der Waals surface area (Å²) in [7, 11) is 1.46. The van der Waals surface area contributed by atoms with E-state index in [4.69, 9.17) is 16.3 Å². The van der Waals surface area contributed by atoms with Crippen LogP contribution in [0.5, 0.6) is 5.75 Å². The molecule has 7 nitrogen and oxygen atoms in total. The van der Waals surface area contributed by atoms with Crippen LogP contribution in [0.2, 0.25) is 5.02 Å². The molecule has 1 saturated heterocycles. The molecule has 1 atom stereocenters. The summed E-state index contributed by atoms with van der Waals surface area (Å²) in [5.41, 5.74) is 1.66. The van der Waals surface area contributed by atoms with E-state index in [2.05, 4.69) is 9.97 Å². The number of ketones is 1. The first-order valence-corrected chi connectivity index (χ1v) is 12.9. The molecule has 1 aliphatic rings. The fraction of sp³-hybridized carbons (Fsp3) is 0.214. The molecule has 38 heavy (non-hydrogen) atoms. The molecule has 1 amide bonds. The van der Waals surface area contributed by atoms with E-state index in [1.54, 1.807) is 30.5 Å². The number of Topliss-reactive ketones (excluding diaryl/α,β-unsaturated/α-hetero) is 1. The van der Waals surface area contributed by atoms with E-state index in [0.717, 1.165) is 16.9 Å². The zero-order chi connectivity index (χ0) is 27.4. The number of aliphatic hydroxyl groups is 1. The van der Waals surface area contributed by atoms with Gasteiger partial charge in [0.2, 0.25) is 0 Å². The van der Waals surface area contributed by atoms with Gasteiger partial charge in [0.05, 0.1) is 39.5 Å². The molecule has 1 N–H and O–H groups in total. The standard InChI is InChI=1S/C28H23ClFN3O4S/c1-28(2,3)15-7-8-20(37-4)16(10-15)24(34)22-23(14-6-5-9-31-13-14)33(26(36)25(22)35)27-32-19-11-17(29)18(30)12-21(19)38-27/h5-13,23,34H,1-4H3/b24-22+. The summed E-state index contributed by atoms with van der Waals surface area (Å²) in [6.45, 7) is 6.07.